The van der Waals surface area contributed by atoms with E-state index in [1.807, 2.05) is 18.5 Å². The van der Waals surface area contributed by atoms with Crippen molar-refractivity contribution in [2.24, 2.45) is 18.0 Å². The zero-order valence-electron chi connectivity index (χ0n) is 18.9. The van der Waals surface area contributed by atoms with Crippen molar-refractivity contribution < 1.29 is 13.2 Å². The van der Waals surface area contributed by atoms with Gasteiger partial charge < -0.3 is 4.57 Å². The first-order valence-corrected chi connectivity index (χ1v) is 13.2. The lowest BCUT2D eigenvalue weighted by atomic mass is 9.98. The number of aryl methyl sites for hydroxylation is 2. The first-order chi connectivity index (χ1) is 15.2. The minimum absolute atomic E-state index is 0.163. The summed E-state index contributed by atoms with van der Waals surface area (Å²) >= 11 is 1.52. The molecule has 0 N–H and O–H groups in total. The molecule has 4 rings (SSSR count). The molecule has 1 amide bonds. The van der Waals surface area contributed by atoms with E-state index >= 15 is 0 Å². The molecule has 2 heterocycles. The lowest BCUT2D eigenvalue weighted by molar-refractivity contribution is -0.122. The summed E-state index contributed by atoms with van der Waals surface area (Å²) in [5.41, 5.74) is 3.34. The number of rotatable bonds is 4. The van der Waals surface area contributed by atoms with E-state index in [2.05, 4.69) is 37.0 Å². The Bertz CT molecular complexity index is 1310. The molecule has 0 aliphatic carbocycles. The second-order valence-corrected chi connectivity index (χ2v) is 11.7. The van der Waals surface area contributed by atoms with Crippen LogP contribution in [-0.4, -0.2) is 36.3 Å². The smallest absolute Gasteiger partial charge is 0.251 e. The first kappa shape index (κ1) is 22.9. The number of aromatic nitrogens is 1. The maximum Gasteiger partial charge on any atom is 0.251 e. The molecule has 3 aromatic rings. The number of hydrogen-bond acceptors (Lipinski definition) is 4. The third-order valence-corrected chi connectivity index (χ3v) is 9.18. The van der Waals surface area contributed by atoms with Crippen LogP contribution >= 0.6 is 11.3 Å². The second kappa shape index (κ2) is 8.92. The Labute approximate surface area is 193 Å². The van der Waals surface area contributed by atoms with Gasteiger partial charge in [-0.3, -0.25) is 4.79 Å². The van der Waals surface area contributed by atoms with Gasteiger partial charge in [-0.15, -0.1) is 0 Å². The Morgan fingerprint density at radius 1 is 1.09 bits per heavy atom. The summed E-state index contributed by atoms with van der Waals surface area (Å²) in [5, 5.41) is 0. The molecule has 6 nitrogen and oxygen atoms in total. The molecule has 1 saturated heterocycles. The van der Waals surface area contributed by atoms with E-state index in [4.69, 9.17) is 0 Å². The fourth-order valence-electron chi connectivity index (χ4n) is 4.00. The summed E-state index contributed by atoms with van der Waals surface area (Å²) in [6, 6.07) is 13.3. The number of benzene rings is 2. The number of sulfonamides is 1. The molecular formula is C24H29N3O3S2. The Morgan fingerprint density at radius 3 is 2.38 bits per heavy atom. The van der Waals surface area contributed by atoms with Crippen LogP contribution in [0.5, 0.6) is 0 Å². The van der Waals surface area contributed by atoms with E-state index in [1.165, 1.54) is 21.2 Å². The number of fused-ring (bicyclic) bond motifs is 1. The predicted molar refractivity (Wildman–Crippen MR) is 128 cm³/mol. The molecule has 1 aromatic heterocycles. The highest BCUT2D eigenvalue weighted by Crippen LogP contribution is 2.26. The van der Waals surface area contributed by atoms with E-state index < -0.39 is 10.0 Å². The summed E-state index contributed by atoms with van der Waals surface area (Å²) in [5.74, 6) is 0.0229. The van der Waals surface area contributed by atoms with Gasteiger partial charge in [0.25, 0.3) is 5.91 Å². The number of piperidine rings is 1. The molecule has 2 aromatic carbocycles. The second-order valence-electron chi connectivity index (χ2n) is 8.77. The van der Waals surface area contributed by atoms with Crippen molar-refractivity contribution in [1.29, 1.82) is 0 Å². The summed E-state index contributed by atoms with van der Waals surface area (Å²) in [6.45, 7) is 6.91. The molecule has 170 valence electrons. The van der Waals surface area contributed by atoms with E-state index in [9.17, 15) is 13.2 Å². The van der Waals surface area contributed by atoms with E-state index in [-0.39, 0.29) is 11.8 Å². The average Bonchev–Trinajstić information content (AvgIpc) is 3.08. The number of nitrogens with zero attached hydrogens (tertiary/aromatic N) is 3. The third kappa shape index (κ3) is 4.44. The van der Waals surface area contributed by atoms with Crippen molar-refractivity contribution in [3.05, 3.63) is 58.4 Å². The van der Waals surface area contributed by atoms with Gasteiger partial charge in [0.15, 0.2) is 4.80 Å². The van der Waals surface area contributed by atoms with Crippen molar-refractivity contribution in [3.8, 4) is 0 Å². The lowest BCUT2D eigenvalue weighted by Gasteiger charge is -2.29. The minimum Gasteiger partial charge on any atom is -0.319 e. The van der Waals surface area contributed by atoms with Gasteiger partial charge >= 0.3 is 0 Å². The minimum atomic E-state index is -3.53. The van der Waals surface area contributed by atoms with Crippen LogP contribution in [0.2, 0.25) is 0 Å². The zero-order chi connectivity index (χ0) is 23.0. The number of amides is 1. The largest absolute Gasteiger partial charge is 0.319 e. The first-order valence-electron chi connectivity index (χ1n) is 10.9. The predicted octanol–water partition coefficient (Wildman–Crippen LogP) is 4.20. The summed E-state index contributed by atoms with van der Waals surface area (Å²) in [6.07, 6.45) is 0.971. The Balaban J connectivity index is 1.49. The number of carbonyl (C=O) groups excluding carboxylic acids is 1. The van der Waals surface area contributed by atoms with Gasteiger partial charge in [-0.2, -0.15) is 9.30 Å². The SMILES string of the molecule is Cc1ccc(S(=O)(=O)N2CCC(C(=O)N=c3sc4cc(C(C)C)ccc4n3C)CC2)cc1. The normalized spacial score (nSPS) is 16.8. The van der Waals surface area contributed by atoms with Crippen LogP contribution in [0.25, 0.3) is 10.2 Å². The van der Waals surface area contributed by atoms with Crippen molar-refractivity contribution in [2.45, 2.75) is 44.4 Å². The van der Waals surface area contributed by atoms with Crippen LogP contribution in [0.15, 0.2) is 52.4 Å². The van der Waals surface area contributed by atoms with Crippen LogP contribution in [0.4, 0.5) is 0 Å². The van der Waals surface area contributed by atoms with Gasteiger partial charge in [-0.1, -0.05) is 48.9 Å². The molecule has 0 bridgehead atoms. The summed E-state index contributed by atoms with van der Waals surface area (Å²) in [7, 11) is -1.61. The fourth-order valence-corrected chi connectivity index (χ4v) is 6.55. The van der Waals surface area contributed by atoms with Crippen molar-refractivity contribution in [1.82, 2.24) is 8.87 Å². The molecule has 1 aliphatic heterocycles. The standard InChI is InChI=1S/C24H29N3O3S2/c1-16(2)19-7-10-21-22(15-19)31-24(26(21)4)25-23(28)18-11-13-27(14-12-18)32(29,30)20-8-5-17(3)6-9-20/h5-10,15-16,18H,11-14H2,1-4H3. The fraction of sp³-hybridized carbons (Fsp3) is 0.417. The molecule has 0 atom stereocenters. The van der Waals surface area contributed by atoms with Gasteiger partial charge in [-0.05, 0) is 55.5 Å². The Kier molecular flexibility index (Phi) is 6.38. The molecule has 1 fully saturated rings. The van der Waals surface area contributed by atoms with Crippen LogP contribution in [0.1, 0.15) is 43.7 Å². The molecule has 0 unspecified atom stereocenters. The van der Waals surface area contributed by atoms with E-state index in [0.717, 1.165) is 15.8 Å². The van der Waals surface area contributed by atoms with Gasteiger partial charge in [0.05, 0.1) is 15.1 Å². The van der Waals surface area contributed by atoms with Crippen LogP contribution in [-0.2, 0) is 21.9 Å². The molecule has 32 heavy (non-hydrogen) atoms. The van der Waals surface area contributed by atoms with Crippen LogP contribution in [0.3, 0.4) is 0 Å². The van der Waals surface area contributed by atoms with Gasteiger partial charge in [-0.25, -0.2) is 8.42 Å². The molecular weight excluding hydrogens is 442 g/mol. The number of thiazole rings is 1. The molecule has 0 radical (unpaired) electrons. The summed E-state index contributed by atoms with van der Waals surface area (Å²) in [4.78, 5) is 18.3. The van der Waals surface area contributed by atoms with Crippen molar-refractivity contribution >= 4 is 37.5 Å². The highest BCUT2D eigenvalue weighted by molar-refractivity contribution is 7.89. The maximum atomic E-state index is 12.9. The van der Waals surface area contributed by atoms with Gasteiger partial charge in [0.1, 0.15) is 0 Å². The highest BCUT2D eigenvalue weighted by Gasteiger charge is 2.32. The van der Waals surface area contributed by atoms with E-state index in [0.29, 0.717) is 41.5 Å². The van der Waals surface area contributed by atoms with Crippen LogP contribution in [0, 0.1) is 12.8 Å². The molecule has 0 spiro atoms. The Morgan fingerprint density at radius 2 is 1.75 bits per heavy atom. The third-order valence-electron chi connectivity index (χ3n) is 6.17. The maximum absolute atomic E-state index is 12.9. The van der Waals surface area contributed by atoms with Crippen molar-refractivity contribution in [3.63, 3.8) is 0 Å². The van der Waals surface area contributed by atoms with Gasteiger partial charge in [0.2, 0.25) is 10.0 Å². The summed E-state index contributed by atoms with van der Waals surface area (Å²) < 4.78 is 30.4. The quantitative estimate of drug-likeness (QED) is 0.573. The number of carbonyl (C=O) groups is 1. The molecule has 8 heteroatoms. The highest BCUT2D eigenvalue weighted by atomic mass is 32.2. The van der Waals surface area contributed by atoms with Crippen molar-refractivity contribution in [2.75, 3.05) is 13.1 Å². The number of hydrogen-bond donors (Lipinski definition) is 0. The van der Waals surface area contributed by atoms with Gasteiger partial charge in [0, 0.05) is 26.1 Å². The zero-order valence-corrected chi connectivity index (χ0v) is 20.5. The molecule has 1 aliphatic rings. The van der Waals surface area contributed by atoms with Crippen LogP contribution < -0.4 is 4.80 Å². The topological polar surface area (TPSA) is 71.7 Å². The monoisotopic (exact) mass is 471 g/mol. The average molecular weight is 472 g/mol. The lowest BCUT2D eigenvalue weighted by Crippen LogP contribution is -2.40. The Hall–Kier alpha value is -2.29. The van der Waals surface area contributed by atoms with E-state index in [1.54, 1.807) is 24.3 Å². The molecule has 0 saturated carbocycles.